The van der Waals surface area contributed by atoms with E-state index >= 15 is 0 Å². The van der Waals surface area contributed by atoms with E-state index in [9.17, 15) is 30.7 Å². The van der Waals surface area contributed by atoms with E-state index in [1.54, 1.807) is 0 Å². The summed E-state index contributed by atoms with van der Waals surface area (Å²) in [4.78, 5) is 7.41. The molecule has 1 aromatic heterocycles. The van der Waals surface area contributed by atoms with E-state index in [4.69, 9.17) is 0 Å². The van der Waals surface area contributed by atoms with Crippen LogP contribution in [0.25, 0.3) is 0 Å². The molecule has 3 rings (SSSR count). The van der Waals surface area contributed by atoms with Crippen LogP contribution in [0.4, 0.5) is 48.2 Å². The first kappa shape index (κ1) is 22.9. The summed E-state index contributed by atoms with van der Waals surface area (Å²) >= 11 is 0. The van der Waals surface area contributed by atoms with Crippen LogP contribution in [-0.2, 0) is 12.7 Å². The fourth-order valence-electron chi connectivity index (χ4n) is 2.37. The summed E-state index contributed by atoms with van der Waals surface area (Å²) in [5, 5.41) is 9.86. The number of ether oxygens (including phenoxy) is 1. The number of anilines is 2. The second kappa shape index (κ2) is 9.16. The highest BCUT2D eigenvalue weighted by atomic mass is 19.4. The van der Waals surface area contributed by atoms with Crippen LogP contribution in [0.2, 0.25) is 0 Å². The minimum Gasteiger partial charge on any atom is -0.406 e. The topological polar surface area (TPSA) is 71.8 Å². The molecule has 0 atom stereocenters. The molecule has 0 radical (unpaired) electrons. The molecule has 168 valence electrons. The Morgan fingerprint density at radius 3 is 2.34 bits per heavy atom. The van der Waals surface area contributed by atoms with Gasteiger partial charge in [-0.2, -0.15) is 23.3 Å². The first-order valence-corrected chi connectivity index (χ1v) is 8.68. The number of benzene rings is 2. The van der Waals surface area contributed by atoms with Crippen molar-refractivity contribution >= 4 is 17.5 Å². The maximum atomic E-state index is 13.9. The summed E-state index contributed by atoms with van der Waals surface area (Å²) in [6.07, 6.45) is -8.59. The summed E-state index contributed by atoms with van der Waals surface area (Å²) in [7, 11) is 0. The van der Waals surface area contributed by atoms with E-state index in [0.29, 0.717) is 5.56 Å². The number of hydrogen-bond donors (Lipinski definition) is 1. The monoisotopic (exact) mass is 459 g/mol. The van der Waals surface area contributed by atoms with Gasteiger partial charge >= 0.3 is 12.5 Å². The van der Waals surface area contributed by atoms with Gasteiger partial charge in [-0.05, 0) is 35.9 Å². The first-order valence-electron chi connectivity index (χ1n) is 8.68. The van der Waals surface area contributed by atoms with E-state index in [1.807, 2.05) is 0 Å². The van der Waals surface area contributed by atoms with Crippen molar-refractivity contribution in [1.29, 1.82) is 0 Å². The van der Waals surface area contributed by atoms with E-state index in [-0.39, 0.29) is 18.2 Å². The molecular weight excluding hydrogens is 447 g/mol. The highest BCUT2D eigenvalue weighted by Crippen LogP contribution is 2.31. The molecule has 6 nitrogen and oxygen atoms in total. The standard InChI is InChI=1S/C19H12F7N5O/c20-15-10-27-17(29-13-3-1-2-12(8-13)18(21,22)23)30-16(15)31-28-9-11-4-6-14(7-5-11)32-19(24,25)26/h1-8,10H,9H2,(H,27,29,30). The van der Waals surface area contributed by atoms with E-state index in [1.165, 1.54) is 24.3 Å². The Balaban J connectivity index is 1.68. The number of nitrogens with one attached hydrogen (secondary N) is 1. The van der Waals surface area contributed by atoms with Crippen LogP contribution in [0.15, 0.2) is 65.0 Å². The van der Waals surface area contributed by atoms with Gasteiger partial charge in [-0.25, -0.2) is 9.37 Å². The normalized spacial score (nSPS) is 12.2. The molecule has 1 N–H and O–H groups in total. The number of nitrogens with zero attached hydrogens (tertiary/aromatic N) is 4. The second-order valence-electron chi connectivity index (χ2n) is 6.16. The quantitative estimate of drug-likeness (QED) is 0.335. The van der Waals surface area contributed by atoms with Gasteiger partial charge in [0.2, 0.25) is 11.8 Å². The van der Waals surface area contributed by atoms with Gasteiger partial charge in [-0.15, -0.1) is 18.3 Å². The third-order valence-corrected chi connectivity index (χ3v) is 3.75. The summed E-state index contributed by atoms with van der Waals surface area (Å²) in [6.45, 7) is -0.105. The number of halogens is 7. The third kappa shape index (κ3) is 6.62. The van der Waals surface area contributed by atoms with Crippen molar-refractivity contribution in [1.82, 2.24) is 9.97 Å². The van der Waals surface area contributed by atoms with Gasteiger partial charge in [0.1, 0.15) is 5.75 Å². The number of aromatic nitrogens is 2. The number of hydrogen-bond acceptors (Lipinski definition) is 6. The Labute approximate surface area is 175 Å². The molecule has 0 aliphatic carbocycles. The molecule has 13 heteroatoms. The summed E-state index contributed by atoms with van der Waals surface area (Å²) in [5.41, 5.74) is -0.410. The van der Waals surface area contributed by atoms with Crippen molar-refractivity contribution in [3.05, 3.63) is 71.7 Å². The van der Waals surface area contributed by atoms with Gasteiger partial charge in [-0.1, -0.05) is 18.2 Å². The number of alkyl halides is 6. The Hall–Kier alpha value is -3.77. The predicted octanol–water partition coefficient (Wildman–Crippen LogP) is 6.56. The average Bonchev–Trinajstić information content (AvgIpc) is 2.70. The highest BCUT2D eigenvalue weighted by Gasteiger charge is 2.31. The smallest absolute Gasteiger partial charge is 0.406 e. The lowest BCUT2D eigenvalue weighted by Gasteiger charge is -2.10. The van der Waals surface area contributed by atoms with Crippen LogP contribution < -0.4 is 10.1 Å². The molecule has 0 amide bonds. The molecule has 2 aromatic carbocycles. The molecule has 1 heterocycles. The zero-order valence-electron chi connectivity index (χ0n) is 15.7. The molecule has 3 aromatic rings. The van der Waals surface area contributed by atoms with Gasteiger partial charge in [0.15, 0.2) is 5.82 Å². The van der Waals surface area contributed by atoms with Crippen LogP contribution in [0.1, 0.15) is 11.1 Å². The molecule has 0 saturated carbocycles. The van der Waals surface area contributed by atoms with Gasteiger partial charge in [0, 0.05) is 5.69 Å². The van der Waals surface area contributed by atoms with Crippen molar-refractivity contribution in [3.63, 3.8) is 0 Å². The molecule has 0 spiro atoms. The molecule has 0 aliphatic heterocycles. The zero-order chi connectivity index (χ0) is 23.4. The van der Waals surface area contributed by atoms with E-state index in [2.05, 4.69) is 30.3 Å². The second-order valence-corrected chi connectivity index (χ2v) is 6.16. The molecule has 0 aliphatic rings. The summed E-state index contributed by atoms with van der Waals surface area (Å²) in [6, 6.07) is 9.04. The first-order chi connectivity index (χ1) is 15.0. The fraction of sp³-hybridized carbons (Fsp3) is 0.158. The van der Waals surface area contributed by atoms with Crippen molar-refractivity contribution in [2.24, 2.45) is 10.2 Å². The maximum Gasteiger partial charge on any atom is 0.573 e. The molecule has 0 fully saturated rings. The highest BCUT2D eigenvalue weighted by molar-refractivity contribution is 5.55. The lowest BCUT2D eigenvalue weighted by Crippen LogP contribution is -2.16. The SMILES string of the molecule is Fc1cnc(Nc2cccc(C(F)(F)F)c2)nc1N=NCc1ccc(OC(F)(F)F)cc1. The largest absolute Gasteiger partial charge is 0.573 e. The van der Waals surface area contributed by atoms with Crippen molar-refractivity contribution in [2.75, 3.05) is 5.32 Å². The van der Waals surface area contributed by atoms with E-state index < -0.39 is 35.5 Å². The van der Waals surface area contributed by atoms with Crippen molar-refractivity contribution in [2.45, 2.75) is 19.1 Å². The van der Waals surface area contributed by atoms with Crippen LogP contribution in [-0.4, -0.2) is 16.3 Å². The zero-order valence-corrected chi connectivity index (χ0v) is 15.7. The van der Waals surface area contributed by atoms with Gasteiger partial charge < -0.3 is 10.1 Å². The predicted molar refractivity (Wildman–Crippen MR) is 98.1 cm³/mol. The minimum atomic E-state index is -4.81. The van der Waals surface area contributed by atoms with Crippen LogP contribution in [0, 0.1) is 5.82 Å². The van der Waals surface area contributed by atoms with Crippen molar-refractivity contribution in [3.8, 4) is 5.75 Å². The molecular formula is C19H12F7N5O. The lowest BCUT2D eigenvalue weighted by atomic mass is 10.2. The van der Waals surface area contributed by atoms with Crippen LogP contribution in [0.3, 0.4) is 0 Å². The number of azo groups is 1. The third-order valence-electron chi connectivity index (χ3n) is 3.75. The lowest BCUT2D eigenvalue weighted by molar-refractivity contribution is -0.274. The molecule has 0 bridgehead atoms. The minimum absolute atomic E-state index is 0.0236. The van der Waals surface area contributed by atoms with Gasteiger partial charge in [0.05, 0.1) is 18.3 Å². The Morgan fingerprint density at radius 1 is 0.969 bits per heavy atom. The molecule has 0 unspecified atom stereocenters. The van der Waals surface area contributed by atoms with Crippen molar-refractivity contribution < 1.29 is 35.5 Å². The number of rotatable bonds is 6. The van der Waals surface area contributed by atoms with Gasteiger partial charge in [0.25, 0.3) is 0 Å². The van der Waals surface area contributed by atoms with E-state index in [0.717, 1.165) is 30.5 Å². The van der Waals surface area contributed by atoms with Crippen LogP contribution in [0.5, 0.6) is 5.75 Å². The Kier molecular flexibility index (Phi) is 6.55. The summed E-state index contributed by atoms with van der Waals surface area (Å²) in [5.74, 6) is -2.04. The Morgan fingerprint density at radius 2 is 1.69 bits per heavy atom. The maximum absolute atomic E-state index is 13.9. The van der Waals surface area contributed by atoms with Gasteiger partial charge in [-0.3, -0.25) is 0 Å². The fourth-order valence-corrected chi connectivity index (χ4v) is 2.37. The summed E-state index contributed by atoms with van der Waals surface area (Å²) < 4.78 is 92.5. The Bertz CT molecular complexity index is 1100. The average molecular weight is 459 g/mol. The van der Waals surface area contributed by atoms with Crippen LogP contribution >= 0.6 is 0 Å². The molecule has 0 saturated heterocycles. The molecule has 32 heavy (non-hydrogen) atoms.